The molecule has 16 heavy (non-hydrogen) atoms. The molecular weight excluding hydrogens is 198 g/mol. The molecule has 1 heterocycles. The van der Waals surface area contributed by atoms with E-state index in [-0.39, 0.29) is 12.6 Å². The molecule has 1 N–H and O–H groups in total. The van der Waals surface area contributed by atoms with Gasteiger partial charge in [0, 0.05) is 31.4 Å². The second-order valence-corrected chi connectivity index (χ2v) is 4.87. The fourth-order valence-electron chi connectivity index (χ4n) is 2.28. The Hall–Kier alpha value is -0.890. The summed E-state index contributed by atoms with van der Waals surface area (Å²) in [5.41, 5.74) is 3.85. The van der Waals surface area contributed by atoms with E-state index in [0.29, 0.717) is 5.92 Å². The molecule has 1 aromatic heterocycles. The van der Waals surface area contributed by atoms with Gasteiger partial charge in [0.25, 0.3) is 0 Å². The smallest absolute Gasteiger partial charge is 0.184 e. The largest absolute Gasteiger partial charge is 0.389 e. The molecule has 0 aromatic carbocycles. The van der Waals surface area contributed by atoms with Crippen molar-refractivity contribution in [1.29, 1.82) is 0 Å². The van der Waals surface area contributed by atoms with E-state index in [1.807, 2.05) is 0 Å². The normalized spacial score (nSPS) is 13.2. The monoisotopic (exact) mass is 222 g/mol. The van der Waals surface area contributed by atoms with E-state index in [0.717, 1.165) is 6.42 Å². The molecule has 0 fully saturated rings. The molecule has 0 saturated carbocycles. The lowest BCUT2D eigenvalue weighted by molar-refractivity contribution is -0.737. The van der Waals surface area contributed by atoms with Crippen LogP contribution in [-0.2, 0) is 0 Å². The molecule has 0 unspecified atom stereocenters. The number of aromatic nitrogens is 1. The maximum absolute atomic E-state index is 9.46. The van der Waals surface area contributed by atoms with Gasteiger partial charge in [-0.1, -0.05) is 20.8 Å². The molecule has 0 aliphatic rings. The van der Waals surface area contributed by atoms with Crippen molar-refractivity contribution in [2.24, 2.45) is 0 Å². The Morgan fingerprint density at radius 3 is 2.31 bits per heavy atom. The van der Waals surface area contributed by atoms with Crippen LogP contribution >= 0.6 is 0 Å². The Morgan fingerprint density at radius 1 is 1.25 bits per heavy atom. The highest BCUT2D eigenvalue weighted by molar-refractivity contribution is 5.16. The van der Waals surface area contributed by atoms with Crippen molar-refractivity contribution in [2.75, 3.05) is 6.61 Å². The summed E-state index contributed by atoms with van der Waals surface area (Å²) >= 11 is 0. The Bertz CT molecular complexity index is 354. The van der Waals surface area contributed by atoms with Gasteiger partial charge in [-0.05, 0) is 12.5 Å². The molecule has 0 bridgehead atoms. The van der Waals surface area contributed by atoms with Crippen molar-refractivity contribution in [1.82, 2.24) is 0 Å². The third kappa shape index (κ3) is 2.62. The lowest BCUT2D eigenvalue weighted by atomic mass is 10.0. The van der Waals surface area contributed by atoms with Crippen LogP contribution in [0.1, 0.15) is 56.1 Å². The van der Waals surface area contributed by atoms with Gasteiger partial charge < -0.3 is 5.11 Å². The fraction of sp³-hybridized carbons (Fsp3) is 0.643. The summed E-state index contributed by atoms with van der Waals surface area (Å²) in [7, 11) is 0. The summed E-state index contributed by atoms with van der Waals surface area (Å²) in [6.45, 7) is 11.0. The Kier molecular flexibility index (Phi) is 4.48. The van der Waals surface area contributed by atoms with Crippen LogP contribution in [0.2, 0.25) is 0 Å². The molecule has 1 atom stereocenters. The average molecular weight is 222 g/mol. The quantitative estimate of drug-likeness (QED) is 0.778. The summed E-state index contributed by atoms with van der Waals surface area (Å²) < 4.78 is 2.29. The summed E-state index contributed by atoms with van der Waals surface area (Å²) in [5.74, 6) is 0.485. The minimum atomic E-state index is 0.206. The second kappa shape index (κ2) is 5.44. The summed E-state index contributed by atoms with van der Waals surface area (Å²) in [6, 6.07) is 4.62. The first-order valence-corrected chi connectivity index (χ1v) is 6.14. The number of rotatable bonds is 4. The molecule has 0 aliphatic heterocycles. The third-order valence-corrected chi connectivity index (χ3v) is 3.11. The number of nitrogens with zero attached hydrogens (tertiary/aromatic N) is 1. The predicted octanol–water partition coefficient (Wildman–Crippen LogP) is 2.66. The van der Waals surface area contributed by atoms with Crippen molar-refractivity contribution in [3.8, 4) is 0 Å². The van der Waals surface area contributed by atoms with Crippen LogP contribution in [0.25, 0.3) is 0 Å². The molecule has 1 aromatic rings. The van der Waals surface area contributed by atoms with E-state index in [1.54, 1.807) is 0 Å². The number of aliphatic hydroxyl groups is 1. The Labute approximate surface area is 98.9 Å². The van der Waals surface area contributed by atoms with Crippen molar-refractivity contribution in [3.63, 3.8) is 0 Å². The molecule has 0 radical (unpaired) electrons. The minimum Gasteiger partial charge on any atom is -0.389 e. The van der Waals surface area contributed by atoms with Gasteiger partial charge in [0.05, 0.1) is 0 Å². The Morgan fingerprint density at radius 2 is 1.88 bits per heavy atom. The Balaban J connectivity index is 3.34. The van der Waals surface area contributed by atoms with E-state index < -0.39 is 0 Å². The van der Waals surface area contributed by atoms with Crippen molar-refractivity contribution >= 4 is 0 Å². The maximum atomic E-state index is 9.46. The summed E-state index contributed by atoms with van der Waals surface area (Å²) in [5, 5.41) is 9.46. The van der Waals surface area contributed by atoms with Crippen LogP contribution in [0.4, 0.5) is 0 Å². The van der Waals surface area contributed by atoms with Gasteiger partial charge in [-0.25, -0.2) is 0 Å². The van der Waals surface area contributed by atoms with Crippen LogP contribution in [0, 0.1) is 13.8 Å². The molecule has 0 spiro atoms. The highest BCUT2D eigenvalue weighted by Crippen LogP contribution is 2.16. The zero-order chi connectivity index (χ0) is 12.3. The topological polar surface area (TPSA) is 24.1 Å². The molecule has 0 saturated heterocycles. The van der Waals surface area contributed by atoms with Crippen LogP contribution < -0.4 is 4.57 Å². The zero-order valence-electron chi connectivity index (χ0n) is 11.1. The van der Waals surface area contributed by atoms with Gasteiger partial charge in [-0.2, -0.15) is 4.57 Å². The first kappa shape index (κ1) is 13.2. The van der Waals surface area contributed by atoms with Gasteiger partial charge in [-0.15, -0.1) is 0 Å². The zero-order valence-corrected chi connectivity index (χ0v) is 11.1. The van der Waals surface area contributed by atoms with Gasteiger partial charge >= 0.3 is 0 Å². The number of hydrogen-bond acceptors (Lipinski definition) is 1. The molecular formula is C14H24NO+. The molecule has 0 amide bonds. The van der Waals surface area contributed by atoms with E-state index in [2.05, 4.69) is 51.3 Å². The van der Waals surface area contributed by atoms with Gasteiger partial charge in [-0.3, -0.25) is 0 Å². The highest BCUT2D eigenvalue weighted by atomic mass is 16.3. The predicted molar refractivity (Wildman–Crippen MR) is 66.6 cm³/mol. The molecule has 2 heteroatoms. The molecule has 2 nitrogen and oxygen atoms in total. The highest BCUT2D eigenvalue weighted by Gasteiger charge is 2.25. The first-order valence-electron chi connectivity index (χ1n) is 6.14. The lowest BCUT2D eigenvalue weighted by Gasteiger charge is -2.16. The molecule has 90 valence electrons. The summed E-state index contributed by atoms with van der Waals surface area (Å²) in [4.78, 5) is 0. The van der Waals surface area contributed by atoms with E-state index in [4.69, 9.17) is 0 Å². The molecule has 0 aliphatic carbocycles. The SMILES string of the molecule is CC[C@H](CO)[n+]1c(C)cc(C)cc1C(C)C. The fourth-order valence-corrected chi connectivity index (χ4v) is 2.28. The molecule has 1 rings (SSSR count). The van der Waals surface area contributed by atoms with Crippen LogP contribution in [-0.4, -0.2) is 11.7 Å². The maximum Gasteiger partial charge on any atom is 0.184 e. The standard InChI is InChI=1S/C14H24NO/c1-6-13(9-16)15-12(5)7-11(4)8-14(15)10(2)3/h7-8,10,13,16H,6,9H2,1-5H3/q+1/t13-/m1/s1. The van der Waals surface area contributed by atoms with Gasteiger partial charge in [0.1, 0.15) is 6.61 Å². The second-order valence-electron chi connectivity index (χ2n) is 4.87. The van der Waals surface area contributed by atoms with E-state index in [9.17, 15) is 5.11 Å². The van der Waals surface area contributed by atoms with E-state index >= 15 is 0 Å². The van der Waals surface area contributed by atoms with Crippen LogP contribution in [0.3, 0.4) is 0 Å². The minimum absolute atomic E-state index is 0.206. The number of hydrogen-bond donors (Lipinski definition) is 1. The number of aryl methyl sites for hydroxylation is 2. The first-order chi connectivity index (χ1) is 7.51. The number of aliphatic hydroxyl groups excluding tert-OH is 1. The van der Waals surface area contributed by atoms with Crippen LogP contribution in [0.5, 0.6) is 0 Å². The third-order valence-electron chi connectivity index (χ3n) is 3.11. The van der Waals surface area contributed by atoms with E-state index in [1.165, 1.54) is 17.0 Å². The number of pyridine rings is 1. The van der Waals surface area contributed by atoms with Gasteiger partial charge in [0.15, 0.2) is 17.4 Å². The summed E-state index contributed by atoms with van der Waals surface area (Å²) in [6.07, 6.45) is 0.963. The van der Waals surface area contributed by atoms with Crippen molar-refractivity contribution in [2.45, 2.75) is 53.0 Å². The van der Waals surface area contributed by atoms with Crippen molar-refractivity contribution in [3.05, 3.63) is 29.1 Å². The average Bonchev–Trinajstić information content (AvgIpc) is 2.21. The van der Waals surface area contributed by atoms with Crippen LogP contribution in [0.15, 0.2) is 12.1 Å². The van der Waals surface area contributed by atoms with Gasteiger partial charge in [0.2, 0.25) is 0 Å². The van der Waals surface area contributed by atoms with Crippen molar-refractivity contribution < 1.29 is 9.67 Å². The lowest BCUT2D eigenvalue weighted by Crippen LogP contribution is -2.48.